The molecule has 1 aromatic carbocycles. The van der Waals surface area contributed by atoms with Crippen molar-refractivity contribution >= 4 is 5.91 Å². The summed E-state index contributed by atoms with van der Waals surface area (Å²) in [6, 6.07) is 10.4. The zero-order valence-corrected chi connectivity index (χ0v) is 17.0. The average Bonchev–Trinajstić information content (AvgIpc) is 3.07. The van der Waals surface area contributed by atoms with Crippen molar-refractivity contribution in [2.24, 2.45) is 11.8 Å². The van der Waals surface area contributed by atoms with E-state index in [0.717, 1.165) is 43.5 Å². The monoisotopic (exact) mass is 390 g/mol. The molecule has 0 spiro atoms. The third kappa shape index (κ3) is 3.02. The fourth-order valence-corrected chi connectivity index (χ4v) is 6.68. The highest BCUT2D eigenvalue weighted by Crippen LogP contribution is 2.57. The van der Waals surface area contributed by atoms with Gasteiger partial charge in [0.1, 0.15) is 0 Å². The molecule has 1 amide bonds. The number of hydrogen-bond donors (Lipinski definition) is 1. The minimum atomic E-state index is -0.000875. The van der Waals surface area contributed by atoms with Crippen LogP contribution in [0.4, 0.5) is 0 Å². The fraction of sp³-hybridized carbons (Fsp3) is 0.583. The van der Waals surface area contributed by atoms with E-state index in [-0.39, 0.29) is 5.91 Å². The highest BCUT2D eigenvalue weighted by atomic mass is 16.2. The van der Waals surface area contributed by atoms with Crippen molar-refractivity contribution in [1.29, 1.82) is 0 Å². The van der Waals surface area contributed by atoms with Gasteiger partial charge in [-0.1, -0.05) is 24.6 Å². The summed E-state index contributed by atoms with van der Waals surface area (Å²) in [5, 5.41) is 7.07. The SMILES string of the molecule is O=C(NN1CCCCC1)c1nn(-c2ccccc2)c2c1C1CC3CC(C1)CC2C3. The Morgan fingerprint density at radius 1 is 0.897 bits per heavy atom. The van der Waals surface area contributed by atoms with Gasteiger partial charge in [-0.15, -0.1) is 0 Å². The molecule has 2 atom stereocenters. The van der Waals surface area contributed by atoms with Crippen molar-refractivity contribution in [2.75, 3.05) is 13.1 Å². The Morgan fingerprint density at radius 2 is 1.59 bits per heavy atom. The third-order valence-electron chi connectivity index (χ3n) is 7.72. The van der Waals surface area contributed by atoms with E-state index in [2.05, 4.69) is 39.4 Å². The molecule has 2 heterocycles. The van der Waals surface area contributed by atoms with Crippen molar-refractivity contribution in [2.45, 2.75) is 63.2 Å². The summed E-state index contributed by atoms with van der Waals surface area (Å²) in [4.78, 5) is 13.4. The van der Waals surface area contributed by atoms with Crippen LogP contribution in [0.1, 0.15) is 84.9 Å². The molecule has 7 rings (SSSR count). The van der Waals surface area contributed by atoms with Crippen molar-refractivity contribution in [3.8, 4) is 5.69 Å². The van der Waals surface area contributed by atoms with E-state index in [0.29, 0.717) is 17.5 Å². The molecular weight excluding hydrogens is 360 g/mol. The van der Waals surface area contributed by atoms with Crippen LogP contribution in [-0.2, 0) is 0 Å². The second-order valence-electron chi connectivity index (χ2n) is 9.69. The largest absolute Gasteiger partial charge is 0.286 e. The molecule has 2 aromatic rings. The Hall–Kier alpha value is -2.14. The van der Waals surface area contributed by atoms with E-state index in [1.54, 1.807) is 0 Å². The van der Waals surface area contributed by atoms with Gasteiger partial charge in [-0.3, -0.25) is 10.2 Å². The van der Waals surface area contributed by atoms with Crippen molar-refractivity contribution in [3.05, 3.63) is 47.3 Å². The topological polar surface area (TPSA) is 50.2 Å². The van der Waals surface area contributed by atoms with E-state index in [1.165, 1.54) is 49.8 Å². The zero-order chi connectivity index (χ0) is 19.4. The molecule has 0 radical (unpaired) electrons. The van der Waals surface area contributed by atoms with Crippen molar-refractivity contribution in [3.63, 3.8) is 0 Å². The number of amides is 1. The van der Waals surface area contributed by atoms with Crippen LogP contribution in [-0.4, -0.2) is 33.8 Å². The smallest absolute Gasteiger partial charge is 0.283 e. The van der Waals surface area contributed by atoms with Gasteiger partial charge in [-0.05, 0) is 74.8 Å². The maximum Gasteiger partial charge on any atom is 0.286 e. The molecule has 4 aliphatic carbocycles. The van der Waals surface area contributed by atoms with E-state index in [1.807, 2.05) is 6.07 Å². The highest BCUT2D eigenvalue weighted by Gasteiger charge is 2.46. The van der Waals surface area contributed by atoms with Gasteiger partial charge in [0.2, 0.25) is 0 Å². The first-order valence-electron chi connectivity index (χ1n) is 11.5. The lowest BCUT2D eigenvalue weighted by molar-refractivity contribution is 0.0741. The quantitative estimate of drug-likeness (QED) is 0.845. The number of carbonyl (C=O) groups excluding carboxylic acids is 1. The maximum atomic E-state index is 13.4. The molecule has 1 saturated heterocycles. The number of carbonyl (C=O) groups is 1. The highest BCUT2D eigenvalue weighted by molar-refractivity contribution is 5.94. The first kappa shape index (κ1) is 17.7. The Labute approximate surface area is 172 Å². The Kier molecular flexibility index (Phi) is 4.26. The van der Waals surface area contributed by atoms with Crippen molar-refractivity contribution in [1.82, 2.24) is 20.2 Å². The lowest BCUT2D eigenvalue weighted by Gasteiger charge is -2.38. The van der Waals surface area contributed by atoms with Crippen LogP contribution in [0.25, 0.3) is 5.69 Å². The van der Waals surface area contributed by atoms with Gasteiger partial charge in [0.15, 0.2) is 5.69 Å². The number of aromatic nitrogens is 2. The molecule has 5 heteroatoms. The first-order chi connectivity index (χ1) is 14.3. The van der Waals surface area contributed by atoms with Crippen molar-refractivity contribution < 1.29 is 4.79 Å². The molecular formula is C24H30N4O. The first-order valence-corrected chi connectivity index (χ1v) is 11.5. The summed E-state index contributed by atoms with van der Waals surface area (Å²) < 4.78 is 2.12. The van der Waals surface area contributed by atoms with Crippen LogP contribution < -0.4 is 5.43 Å². The minimum absolute atomic E-state index is 0.000875. The van der Waals surface area contributed by atoms with Gasteiger partial charge in [0.05, 0.1) is 11.4 Å². The predicted octanol–water partition coefficient (Wildman–Crippen LogP) is 4.39. The molecule has 1 N–H and O–H groups in total. The molecule has 2 saturated carbocycles. The molecule has 2 unspecified atom stereocenters. The van der Waals surface area contributed by atoms with Gasteiger partial charge in [0, 0.05) is 24.6 Å². The second kappa shape index (κ2) is 6.98. The fourth-order valence-electron chi connectivity index (χ4n) is 6.68. The maximum absolute atomic E-state index is 13.4. The van der Waals surface area contributed by atoms with Crippen LogP contribution in [0.5, 0.6) is 0 Å². The second-order valence-corrected chi connectivity index (χ2v) is 9.69. The molecule has 1 aromatic heterocycles. The minimum Gasteiger partial charge on any atom is -0.283 e. The van der Waals surface area contributed by atoms with Gasteiger partial charge in [0.25, 0.3) is 5.91 Å². The average molecular weight is 391 g/mol. The molecule has 1 aliphatic heterocycles. The Balaban J connectivity index is 1.45. The summed E-state index contributed by atoms with van der Waals surface area (Å²) in [7, 11) is 0. The summed E-state index contributed by atoms with van der Waals surface area (Å²) in [6.07, 6.45) is 9.99. The number of benzene rings is 1. The molecule has 3 fully saturated rings. The van der Waals surface area contributed by atoms with E-state index >= 15 is 0 Å². The molecule has 152 valence electrons. The van der Waals surface area contributed by atoms with Crippen LogP contribution in [0.3, 0.4) is 0 Å². The number of rotatable bonds is 3. The van der Waals surface area contributed by atoms with E-state index in [4.69, 9.17) is 5.10 Å². The number of nitrogens with one attached hydrogen (secondary N) is 1. The lowest BCUT2D eigenvalue weighted by Crippen LogP contribution is -2.45. The van der Waals surface area contributed by atoms with Crippen LogP contribution in [0.15, 0.2) is 30.3 Å². The Bertz CT molecular complexity index is 900. The Morgan fingerprint density at radius 3 is 2.31 bits per heavy atom. The van der Waals surface area contributed by atoms with Gasteiger partial charge in [-0.2, -0.15) is 5.10 Å². The van der Waals surface area contributed by atoms with Gasteiger partial charge >= 0.3 is 0 Å². The van der Waals surface area contributed by atoms with E-state index in [9.17, 15) is 4.79 Å². The number of para-hydroxylation sites is 1. The summed E-state index contributed by atoms with van der Waals surface area (Å²) >= 11 is 0. The van der Waals surface area contributed by atoms with Crippen LogP contribution >= 0.6 is 0 Å². The normalized spacial score (nSPS) is 30.8. The standard InChI is InChI=1S/C24H30N4O/c29-24(26-27-9-5-2-6-10-27)22-21-18-12-16-11-17(13-18)15-19(14-16)23(21)28(25-22)20-7-3-1-4-8-20/h1,3-4,7-8,16-19H,2,5-6,9-15H2,(H,26,29). The summed E-state index contributed by atoms with van der Waals surface area (Å²) in [6.45, 7) is 1.90. The number of piperidine rings is 1. The zero-order valence-electron chi connectivity index (χ0n) is 17.0. The lowest BCUT2D eigenvalue weighted by atomic mass is 9.67. The number of nitrogens with zero attached hydrogens (tertiary/aromatic N) is 3. The summed E-state index contributed by atoms with van der Waals surface area (Å²) in [5.41, 5.74) is 7.58. The third-order valence-corrected chi connectivity index (χ3v) is 7.72. The predicted molar refractivity (Wildman–Crippen MR) is 112 cm³/mol. The van der Waals surface area contributed by atoms with Gasteiger partial charge in [-0.25, -0.2) is 9.69 Å². The molecule has 5 aliphatic rings. The molecule has 29 heavy (non-hydrogen) atoms. The van der Waals surface area contributed by atoms with E-state index < -0.39 is 0 Å². The molecule has 5 nitrogen and oxygen atoms in total. The number of hydrogen-bond acceptors (Lipinski definition) is 3. The van der Waals surface area contributed by atoms with Crippen LogP contribution in [0, 0.1) is 11.8 Å². The summed E-state index contributed by atoms with van der Waals surface area (Å²) in [5.74, 6) is 2.70. The van der Waals surface area contributed by atoms with Crippen LogP contribution in [0.2, 0.25) is 0 Å². The number of hydrazine groups is 1. The van der Waals surface area contributed by atoms with Gasteiger partial charge < -0.3 is 0 Å². The molecule has 4 bridgehead atoms.